The molecule has 0 N–H and O–H groups in total. The average molecular weight is 414 g/mol. The van der Waals surface area contributed by atoms with Crippen LogP contribution in [-0.2, 0) is 16.1 Å². The van der Waals surface area contributed by atoms with Crippen LogP contribution >= 0.6 is 0 Å². The van der Waals surface area contributed by atoms with Crippen molar-refractivity contribution in [2.24, 2.45) is 0 Å². The van der Waals surface area contributed by atoms with Gasteiger partial charge < -0.3 is 4.90 Å². The third-order valence-corrected chi connectivity index (χ3v) is 5.37. The summed E-state index contributed by atoms with van der Waals surface area (Å²) in [5, 5.41) is 0. The lowest BCUT2D eigenvalue weighted by Gasteiger charge is -2.25. The van der Waals surface area contributed by atoms with Crippen LogP contribution in [0.3, 0.4) is 0 Å². The van der Waals surface area contributed by atoms with Crippen LogP contribution in [0.2, 0.25) is 0 Å². The highest BCUT2D eigenvalue weighted by Gasteiger charge is 2.42. The van der Waals surface area contributed by atoms with Crippen LogP contribution in [0.4, 0.5) is 10.1 Å². The average Bonchev–Trinajstić information content (AvgIpc) is 3.03. The van der Waals surface area contributed by atoms with Crippen LogP contribution < -0.4 is 4.90 Å². The van der Waals surface area contributed by atoms with Crippen molar-refractivity contribution in [3.8, 4) is 0 Å². The Kier molecular flexibility index (Phi) is 5.67. The third-order valence-electron chi connectivity index (χ3n) is 5.37. The van der Waals surface area contributed by atoms with Crippen molar-refractivity contribution in [3.05, 3.63) is 107 Å². The summed E-state index contributed by atoms with van der Waals surface area (Å²) in [5.41, 5.74) is 3.67. The van der Waals surface area contributed by atoms with Gasteiger partial charge in [-0.3, -0.25) is 9.59 Å². The Hall–Kier alpha value is -3.73. The van der Waals surface area contributed by atoms with E-state index in [1.807, 2.05) is 67.3 Å². The number of halogens is 1. The zero-order valence-corrected chi connectivity index (χ0v) is 17.5. The summed E-state index contributed by atoms with van der Waals surface area (Å²) < 4.78 is 13.6. The van der Waals surface area contributed by atoms with Crippen molar-refractivity contribution in [3.63, 3.8) is 0 Å². The largest absolute Gasteiger partial charge is 0.362 e. The van der Waals surface area contributed by atoms with Crippen molar-refractivity contribution in [2.45, 2.75) is 20.4 Å². The Morgan fingerprint density at radius 1 is 0.871 bits per heavy atom. The molecule has 4 rings (SSSR count). The molecule has 4 nitrogen and oxygen atoms in total. The van der Waals surface area contributed by atoms with Crippen LogP contribution in [0.15, 0.2) is 84.6 Å². The van der Waals surface area contributed by atoms with Crippen molar-refractivity contribution in [1.29, 1.82) is 0 Å². The highest BCUT2D eigenvalue weighted by atomic mass is 19.1. The number of carbonyl (C=O) groups excluding carboxylic acids is 2. The molecule has 1 heterocycles. The summed E-state index contributed by atoms with van der Waals surface area (Å²) in [6.07, 6.45) is 0. The first-order chi connectivity index (χ1) is 15.0. The van der Waals surface area contributed by atoms with Gasteiger partial charge in [0.2, 0.25) is 0 Å². The van der Waals surface area contributed by atoms with Gasteiger partial charge in [-0.25, -0.2) is 9.29 Å². The zero-order valence-electron chi connectivity index (χ0n) is 17.5. The minimum Gasteiger partial charge on any atom is -0.362 e. The van der Waals surface area contributed by atoms with E-state index in [0.29, 0.717) is 35.6 Å². The molecule has 0 saturated heterocycles. The number of likely N-dealkylation sites (N-methyl/N-ethyl adjacent to an activating group) is 1. The highest BCUT2D eigenvalue weighted by Crippen LogP contribution is 2.35. The normalized spacial score (nSPS) is 13.8. The van der Waals surface area contributed by atoms with E-state index >= 15 is 0 Å². The molecule has 3 aromatic rings. The topological polar surface area (TPSA) is 40.6 Å². The zero-order chi connectivity index (χ0) is 22.0. The third kappa shape index (κ3) is 3.99. The number of carbonyl (C=O) groups is 2. The summed E-state index contributed by atoms with van der Waals surface area (Å²) >= 11 is 0. The van der Waals surface area contributed by atoms with E-state index in [0.717, 1.165) is 11.1 Å². The Labute approximate surface area is 181 Å². The van der Waals surface area contributed by atoms with E-state index in [2.05, 4.69) is 0 Å². The number of aryl methyl sites for hydroxylation is 1. The second kappa shape index (κ2) is 8.56. The molecule has 5 heteroatoms. The Morgan fingerprint density at radius 3 is 2.23 bits per heavy atom. The van der Waals surface area contributed by atoms with Crippen molar-refractivity contribution >= 4 is 23.1 Å². The van der Waals surface area contributed by atoms with Gasteiger partial charge in [0.15, 0.2) is 0 Å². The van der Waals surface area contributed by atoms with Crippen molar-refractivity contribution < 1.29 is 14.0 Å². The Balaban J connectivity index is 1.83. The van der Waals surface area contributed by atoms with Gasteiger partial charge in [-0.05, 0) is 54.8 Å². The smallest absolute Gasteiger partial charge is 0.282 e. The van der Waals surface area contributed by atoms with Crippen LogP contribution in [0.25, 0.3) is 5.57 Å². The van der Waals surface area contributed by atoms with Gasteiger partial charge in [-0.1, -0.05) is 54.6 Å². The molecule has 0 unspecified atom stereocenters. The first kappa shape index (κ1) is 20.5. The fraction of sp³-hybridized carbons (Fsp3) is 0.154. The fourth-order valence-corrected chi connectivity index (χ4v) is 3.84. The lowest BCUT2D eigenvalue weighted by Crippen LogP contribution is -2.35. The first-order valence-electron chi connectivity index (χ1n) is 10.2. The van der Waals surface area contributed by atoms with Gasteiger partial charge >= 0.3 is 0 Å². The van der Waals surface area contributed by atoms with E-state index in [4.69, 9.17) is 0 Å². The number of nitrogens with zero attached hydrogens (tertiary/aromatic N) is 2. The molecule has 0 saturated carbocycles. The van der Waals surface area contributed by atoms with Crippen LogP contribution in [-0.4, -0.2) is 23.3 Å². The number of amides is 2. The van der Waals surface area contributed by atoms with E-state index < -0.39 is 11.7 Å². The summed E-state index contributed by atoms with van der Waals surface area (Å²) in [7, 11) is 0. The summed E-state index contributed by atoms with van der Waals surface area (Å²) in [6, 6.07) is 22.8. The molecule has 2 amide bonds. The lowest BCUT2D eigenvalue weighted by atomic mass is 10.0. The molecule has 0 aromatic heterocycles. The molecule has 0 spiro atoms. The number of anilines is 1. The molecule has 1 aliphatic heterocycles. The first-order valence-corrected chi connectivity index (χ1v) is 10.2. The number of imide groups is 1. The quantitative estimate of drug-likeness (QED) is 0.537. The molecule has 0 atom stereocenters. The number of hydrogen-bond acceptors (Lipinski definition) is 3. The predicted molar refractivity (Wildman–Crippen MR) is 120 cm³/mol. The SMILES string of the molecule is CCN(Cc1ccccc1)C1=C(c2ccc(F)cc2)C(=O)N(c2cccc(C)c2)C1=O. The van der Waals surface area contributed by atoms with Gasteiger partial charge in [0.05, 0.1) is 11.3 Å². The summed E-state index contributed by atoms with van der Waals surface area (Å²) in [4.78, 5) is 30.2. The predicted octanol–water partition coefficient (Wildman–Crippen LogP) is 4.94. The van der Waals surface area contributed by atoms with E-state index in [-0.39, 0.29) is 5.91 Å². The van der Waals surface area contributed by atoms with Crippen molar-refractivity contribution in [2.75, 3.05) is 11.4 Å². The summed E-state index contributed by atoms with van der Waals surface area (Å²) in [5.74, 6) is -1.16. The van der Waals surface area contributed by atoms with Gasteiger partial charge in [0, 0.05) is 13.1 Å². The van der Waals surface area contributed by atoms with Gasteiger partial charge in [-0.15, -0.1) is 0 Å². The Bertz CT molecular complexity index is 1150. The number of benzene rings is 3. The Morgan fingerprint density at radius 2 is 1.58 bits per heavy atom. The number of hydrogen-bond donors (Lipinski definition) is 0. The van der Waals surface area contributed by atoms with E-state index in [1.165, 1.54) is 17.0 Å². The molecule has 3 aromatic carbocycles. The van der Waals surface area contributed by atoms with E-state index in [9.17, 15) is 14.0 Å². The maximum atomic E-state index is 13.6. The van der Waals surface area contributed by atoms with Gasteiger partial charge in [0.25, 0.3) is 11.8 Å². The molecular weight excluding hydrogens is 391 g/mol. The standard InChI is InChI=1S/C26H23FN2O2/c1-3-28(17-19-9-5-4-6-10-19)24-23(20-12-14-21(27)15-13-20)25(30)29(26(24)31)22-11-7-8-18(2)16-22/h4-16H,3,17H2,1-2H3. The molecule has 0 aliphatic carbocycles. The molecule has 156 valence electrons. The molecule has 0 radical (unpaired) electrons. The van der Waals surface area contributed by atoms with Crippen molar-refractivity contribution in [1.82, 2.24) is 4.90 Å². The second-order valence-electron chi connectivity index (χ2n) is 7.51. The van der Waals surface area contributed by atoms with Gasteiger partial charge in [0.1, 0.15) is 11.5 Å². The van der Waals surface area contributed by atoms with Gasteiger partial charge in [-0.2, -0.15) is 0 Å². The number of rotatable bonds is 6. The maximum Gasteiger partial charge on any atom is 0.282 e. The van der Waals surface area contributed by atoms with Crippen LogP contribution in [0, 0.1) is 12.7 Å². The minimum atomic E-state index is -0.399. The minimum absolute atomic E-state index is 0.296. The molecule has 0 bridgehead atoms. The summed E-state index contributed by atoms with van der Waals surface area (Å²) in [6.45, 7) is 4.89. The molecule has 31 heavy (non-hydrogen) atoms. The molecule has 1 aliphatic rings. The van der Waals surface area contributed by atoms with E-state index in [1.54, 1.807) is 18.2 Å². The second-order valence-corrected chi connectivity index (χ2v) is 7.51. The fourth-order valence-electron chi connectivity index (χ4n) is 3.84. The maximum absolute atomic E-state index is 13.6. The molecular formula is C26H23FN2O2. The highest BCUT2D eigenvalue weighted by molar-refractivity contribution is 6.45. The monoisotopic (exact) mass is 414 g/mol. The van der Waals surface area contributed by atoms with Crippen LogP contribution in [0.1, 0.15) is 23.6 Å². The van der Waals surface area contributed by atoms with Crippen LogP contribution in [0.5, 0.6) is 0 Å². The lowest BCUT2D eigenvalue weighted by molar-refractivity contribution is -0.120. The molecule has 0 fully saturated rings.